The number of hydrogen-bond acceptors (Lipinski definition) is 4. The van der Waals surface area contributed by atoms with Gasteiger partial charge in [-0.3, -0.25) is 0 Å². The average Bonchev–Trinajstić information content (AvgIpc) is 2.91. The molecule has 204 valence electrons. The lowest BCUT2D eigenvalue weighted by molar-refractivity contribution is -0.165. The minimum atomic E-state index is -0.548. The molecule has 1 N–H and O–H groups in total. The molecule has 4 aromatic rings. The lowest BCUT2D eigenvalue weighted by Gasteiger charge is -2.44. The third kappa shape index (κ3) is 6.13. The Kier molecular flexibility index (Phi) is 7.70. The highest BCUT2D eigenvalue weighted by Gasteiger charge is 2.45. The number of anilines is 1. The standard InChI is InChI=1S/C35H41NO3/c1-7-37-32-30-21-29(36-22-24-13-16-28(17-14-24)34(2,3)4)18-19-31(30)39-35(5,6)33(32)38-23-25-12-15-26-10-8-9-11-27(26)20-25/h8-21,32-33,36H,7,22-23H2,1-6H3. The highest BCUT2D eigenvalue weighted by Crippen LogP contribution is 2.44. The summed E-state index contributed by atoms with van der Waals surface area (Å²) < 4.78 is 19.4. The van der Waals surface area contributed by atoms with Gasteiger partial charge in [0.25, 0.3) is 0 Å². The molecule has 0 bridgehead atoms. The summed E-state index contributed by atoms with van der Waals surface area (Å²) in [7, 11) is 0. The topological polar surface area (TPSA) is 39.7 Å². The van der Waals surface area contributed by atoms with Crippen LogP contribution in [0.2, 0.25) is 0 Å². The van der Waals surface area contributed by atoms with E-state index in [2.05, 4.69) is 119 Å². The largest absolute Gasteiger partial charge is 0.485 e. The molecule has 1 heterocycles. The zero-order chi connectivity index (χ0) is 27.6. The summed E-state index contributed by atoms with van der Waals surface area (Å²) in [4.78, 5) is 0. The van der Waals surface area contributed by atoms with Crippen LogP contribution in [0.4, 0.5) is 5.69 Å². The van der Waals surface area contributed by atoms with E-state index in [9.17, 15) is 0 Å². The minimum Gasteiger partial charge on any atom is -0.485 e. The fraction of sp³-hybridized carbons (Fsp3) is 0.371. The van der Waals surface area contributed by atoms with Crippen molar-refractivity contribution in [3.63, 3.8) is 0 Å². The lowest BCUT2D eigenvalue weighted by Crippen LogP contribution is -2.51. The summed E-state index contributed by atoms with van der Waals surface area (Å²) in [6, 6.07) is 30.0. The zero-order valence-corrected chi connectivity index (χ0v) is 24.1. The number of nitrogens with one attached hydrogen (secondary N) is 1. The first kappa shape index (κ1) is 27.2. The molecule has 0 radical (unpaired) electrons. The van der Waals surface area contributed by atoms with Gasteiger partial charge in [0.05, 0.1) is 6.61 Å². The molecule has 0 saturated carbocycles. The van der Waals surface area contributed by atoms with Gasteiger partial charge in [-0.2, -0.15) is 0 Å². The Bertz CT molecular complexity index is 1420. The summed E-state index contributed by atoms with van der Waals surface area (Å²) in [5.74, 6) is 0.851. The van der Waals surface area contributed by atoms with Crippen LogP contribution in [0.1, 0.15) is 69.9 Å². The first-order valence-corrected chi connectivity index (χ1v) is 14.0. The van der Waals surface area contributed by atoms with Crippen LogP contribution in [0.5, 0.6) is 5.75 Å². The normalized spacial score (nSPS) is 18.4. The highest BCUT2D eigenvalue weighted by molar-refractivity contribution is 5.82. The van der Waals surface area contributed by atoms with E-state index in [0.717, 1.165) is 29.1 Å². The molecule has 1 aliphatic rings. The number of rotatable bonds is 8. The molecule has 0 fully saturated rings. The number of benzene rings is 4. The van der Waals surface area contributed by atoms with Crippen molar-refractivity contribution in [1.82, 2.24) is 0 Å². The van der Waals surface area contributed by atoms with Crippen LogP contribution in [0, 0.1) is 0 Å². The molecule has 39 heavy (non-hydrogen) atoms. The molecule has 2 unspecified atom stereocenters. The molecule has 4 nitrogen and oxygen atoms in total. The van der Waals surface area contributed by atoms with Crippen molar-refractivity contribution in [2.75, 3.05) is 11.9 Å². The van der Waals surface area contributed by atoms with Gasteiger partial charge in [-0.1, -0.05) is 81.4 Å². The molecule has 0 saturated heterocycles. The molecule has 2 atom stereocenters. The van der Waals surface area contributed by atoms with E-state index in [4.69, 9.17) is 14.2 Å². The second-order valence-electron chi connectivity index (χ2n) is 12.0. The van der Waals surface area contributed by atoms with E-state index in [1.807, 2.05) is 13.0 Å². The Hall–Kier alpha value is -3.34. The van der Waals surface area contributed by atoms with E-state index in [-0.39, 0.29) is 17.6 Å². The van der Waals surface area contributed by atoms with Gasteiger partial charge in [0.1, 0.15) is 23.6 Å². The fourth-order valence-corrected chi connectivity index (χ4v) is 5.33. The van der Waals surface area contributed by atoms with Crippen molar-refractivity contribution >= 4 is 16.5 Å². The molecule has 0 spiro atoms. The van der Waals surface area contributed by atoms with Gasteiger partial charge in [0.15, 0.2) is 0 Å². The van der Waals surface area contributed by atoms with E-state index in [1.54, 1.807) is 0 Å². The third-order valence-corrected chi connectivity index (χ3v) is 7.56. The first-order valence-electron chi connectivity index (χ1n) is 14.0. The number of hydrogen-bond donors (Lipinski definition) is 1. The quantitative estimate of drug-likeness (QED) is 0.251. The summed E-state index contributed by atoms with van der Waals surface area (Å²) in [5, 5.41) is 6.04. The summed E-state index contributed by atoms with van der Waals surface area (Å²) in [6.45, 7) is 14.7. The van der Waals surface area contributed by atoms with Crippen LogP contribution in [-0.2, 0) is 28.0 Å². The predicted octanol–water partition coefficient (Wildman–Crippen LogP) is 8.58. The van der Waals surface area contributed by atoms with Gasteiger partial charge in [0.2, 0.25) is 0 Å². The van der Waals surface area contributed by atoms with Crippen LogP contribution in [0.25, 0.3) is 10.8 Å². The molecule has 0 amide bonds. The average molecular weight is 524 g/mol. The number of ether oxygens (including phenoxy) is 3. The highest BCUT2D eigenvalue weighted by atomic mass is 16.6. The maximum atomic E-state index is 6.59. The SMILES string of the molecule is CCOC1c2cc(NCc3ccc(C(C)(C)C)cc3)ccc2OC(C)(C)C1OCc1ccc2ccccc2c1. The molecule has 4 heteroatoms. The predicted molar refractivity (Wildman–Crippen MR) is 161 cm³/mol. The Labute approximate surface area is 233 Å². The van der Waals surface area contributed by atoms with Crippen molar-refractivity contribution in [3.05, 3.63) is 107 Å². The monoisotopic (exact) mass is 523 g/mol. The second-order valence-corrected chi connectivity index (χ2v) is 12.0. The van der Waals surface area contributed by atoms with Crippen LogP contribution in [0.3, 0.4) is 0 Å². The minimum absolute atomic E-state index is 0.152. The molecule has 4 aromatic carbocycles. The fourth-order valence-electron chi connectivity index (χ4n) is 5.33. The first-order chi connectivity index (χ1) is 18.6. The maximum absolute atomic E-state index is 6.59. The summed E-state index contributed by atoms with van der Waals surface area (Å²) >= 11 is 0. The summed E-state index contributed by atoms with van der Waals surface area (Å²) in [6.07, 6.45) is -0.501. The van der Waals surface area contributed by atoms with Gasteiger partial charge in [-0.05, 0) is 77.9 Å². The maximum Gasteiger partial charge on any atom is 0.132 e. The lowest BCUT2D eigenvalue weighted by atomic mass is 9.87. The van der Waals surface area contributed by atoms with E-state index >= 15 is 0 Å². The van der Waals surface area contributed by atoms with Gasteiger partial charge >= 0.3 is 0 Å². The van der Waals surface area contributed by atoms with Crippen LogP contribution in [0.15, 0.2) is 84.9 Å². The molecule has 1 aliphatic heterocycles. The molecule has 0 aromatic heterocycles. The third-order valence-electron chi connectivity index (χ3n) is 7.56. The van der Waals surface area contributed by atoms with Crippen molar-refractivity contribution in [1.29, 1.82) is 0 Å². The van der Waals surface area contributed by atoms with Gasteiger partial charge < -0.3 is 19.5 Å². The van der Waals surface area contributed by atoms with E-state index < -0.39 is 5.60 Å². The van der Waals surface area contributed by atoms with Gasteiger partial charge in [-0.15, -0.1) is 0 Å². The zero-order valence-electron chi connectivity index (χ0n) is 24.1. The Morgan fingerprint density at radius 3 is 2.26 bits per heavy atom. The Balaban J connectivity index is 1.34. The van der Waals surface area contributed by atoms with E-state index in [1.165, 1.54) is 21.9 Å². The van der Waals surface area contributed by atoms with E-state index in [0.29, 0.717) is 13.2 Å². The van der Waals surface area contributed by atoms with Crippen molar-refractivity contribution in [3.8, 4) is 5.75 Å². The van der Waals surface area contributed by atoms with Gasteiger partial charge in [0, 0.05) is 24.4 Å². The Morgan fingerprint density at radius 1 is 0.821 bits per heavy atom. The van der Waals surface area contributed by atoms with Gasteiger partial charge in [-0.25, -0.2) is 0 Å². The van der Waals surface area contributed by atoms with Crippen molar-refractivity contribution < 1.29 is 14.2 Å². The van der Waals surface area contributed by atoms with Crippen LogP contribution in [-0.4, -0.2) is 18.3 Å². The second kappa shape index (κ2) is 11.0. The summed E-state index contributed by atoms with van der Waals surface area (Å²) in [5.41, 5.74) is 5.39. The molecular weight excluding hydrogens is 482 g/mol. The van der Waals surface area contributed by atoms with Crippen molar-refractivity contribution in [2.45, 2.75) is 77.9 Å². The van der Waals surface area contributed by atoms with Crippen LogP contribution >= 0.6 is 0 Å². The van der Waals surface area contributed by atoms with Crippen molar-refractivity contribution in [2.24, 2.45) is 0 Å². The smallest absolute Gasteiger partial charge is 0.132 e. The molecular formula is C35H41NO3. The molecule has 5 rings (SSSR count). The van der Waals surface area contributed by atoms with Crippen LogP contribution < -0.4 is 10.1 Å². The Morgan fingerprint density at radius 2 is 1.54 bits per heavy atom. The molecule has 0 aliphatic carbocycles. The number of fused-ring (bicyclic) bond motifs is 2.